The Kier molecular flexibility index (Phi) is 12.1. The summed E-state index contributed by atoms with van der Waals surface area (Å²) in [5.41, 5.74) is 1.06. The van der Waals surface area contributed by atoms with Gasteiger partial charge in [-0.25, -0.2) is 9.78 Å². The normalized spacial score (nSPS) is 21.8. The van der Waals surface area contributed by atoms with Crippen molar-refractivity contribution in [3.8, 4) is 5.75 Å². The van der Waals surface area contributed by atoms with Crippen molar-refractivity contribution in [1.29, 1.82) is 0 Å². The van der Waals surface area contributed by atoms with Crippen molar-refractivity contribution in [1.82, 2.24) is 14.8 Å². The predicted molar refractivity (Wildman–Crippen MR) is 207 cm³/mol. The zero-order chi connectivity index (χ0) is 38.1. The third-order valence-corrected chi connectivity index (χ3v) is 11.1. The van der Waals surface area contributed by atoms with Crippen molar-refractivity contribution < 1.29 is 28.9 Å². The average Bonchev–Trinajstić information content (AvgIpc) is 3.84. The number of rotatable bonds is 11. The van der Waals surface area contributed by atoms with Crippen molar-refractivity contribution in [2.45, 2.75) is 89.7 Å². The predicted octanol–water partition coefficient (Wildman–Crippen LogP) is 7.83. The van der Waals surface area contributed by atoms with Crippen LogP contribution in [0, 0.1) is 12.8 Å². The molecule has 1 saturated carbocycles. The number of carbonyl (C=O) groups is 2. The number of hydrogen-bond donors (Lipinski definition) is 1. The number of carbonyl (C=O) groups excluding carboxylic acids is 2. The smallest absolute Gasteiger partial charge is 0.410 e. The fraction of sp³-hybridized carbons (Fsp3) is 0.525. The van der Waals surface area contributed by atoms with E-state index in [4.69, 9.17) is 54.0 Å². The lowest BCUT2D eigenvalue weighted by molar-refractivity contribution is -0.155. The molecule has 3 aliphatic rings. The second-order valence-electron chi connectivity index (χ2n) is 15.5. The second kappa shape index (κ2) is 16.2. The average molecular weight is 788 g/mol. The third-order valence-electron chi connectivity index (χ3n) is 10.2. The first kappa shape index (κ1) is 39.4. The molecule has 3 fully saturated rings. The van der Waals surface area contributed by atoms with Crippen LogP contribution in [-0.4, -0.2) is 89.5 Å². The summed E-state index contributed by atoms with van der Waals surface area (Å²) in [7, 11) is 1.66. The van der Waals surface area contributed by atoms with E-state index in [0.717, 1.165) is 48.2 Å². The highest BCUT2D eigenvalue weighted by atomic mass is 35.5. The number of amides is 2. The summed E-state index contributed by atoms with van der Waals surface area (Å²) in [6.07, 6.45) is 4.30. The number of aromatic nitrogens is 1. The quantitative estimate of drug-likeness (QED) is 0.210. The molecule has 3 aromatic rings. The Morgan fingerprint density at radius 2 is 1.74 bits per heavy atom. The van der Waals surface area contributed by atoms with Crippen LogP contribution in [0.1, 0.15) is 68.7 Å². The Morgan fingerprint density at radius 1 is 1.00 bits per heavy atom. The molecule has 2 amide bonds. The number of anilines is 1. The Morgan fingerprint density at radius 3 is 2.38 bits per heavy atom. The van der Waals surface area contributed by atoms with Crippen LogP contribution in [0.4, 0.5) is 10.6 Å². The highest BCUT2D eigenvalue weighted by Gasteiger charge is 2.51. The number of pyridine rings is 1. The van der Waals surface area contributed by atoms with Gasteiger partial charge in [0.15, 0.2) is 5.75 Å². The van der Waals surface area contributed by atoms with Crippen molar-refractivity contribution in [3.05, 3.63) is 86.0 Å². The van der Waals surface area contributed by atoms with Gasteiger partial charge >= 0.3 is 6.09 Å². The topological polar surface area (TPSA) is 105 Å². The lowest BCUT2D eigenvalue weighted by Crippen LogP contribution is -2.58. The molecule has 2 saturated heterocycles. The van der Waals surface area contributed by atoms with E-state index in [1.54, 1.807) is 13.3 Å². The van der Waals surface area contributed by atoms with E-state index >= 15 is 0 Å². The largest absolute Gasteiger partial charge is 0.485 e. The minimum Gasteiger partial charge on any atom is -0.485 e. The van der Waals surface area contributed by atoms with Gasteiger partial charge in [0.25, 0.3) is 0 Å². The van der Waals surface area contributed by atoms with E-state index in [-0.39, 0.29) is 44.1 Å². The van der Waals surface area contributed by atoms with E-state index in [0.29, 0.717) is 46.1 Å². The first-order chi connectivity index (χ1) is 25.1. The van der Waals surface area contributed by atoms with E-state index < -0.39 is 23.2 Å². The number of benzene rings is 2. The van der Waals surface area contributed by atoms with Gasteiger partial charge in [-0.1, -0.05) is 53.0 Å². The Hall–Kier alpha value is -3.28. The van der Waals surface area contributed by atoms with E-state index in [1.807, 2.05) is 75.1 Å². The molecular formula is C40H49Cl3N4O6. The molecule has 2 aliphatic heterocycles. The van der Waals surface area contributed by atoms with Crippen LogP contribution in [0.5, 0.6) is 5.75 Å². The maximum atomic E-state index is 14.8. The Bertz CT molecular complexity index is 1780. The molecule has 0 radical (unpaired) electrons. The molecule has 2 unspecified atom stereocenters. The summed E-state index contributed by atoms with van der Waals surface area (Å²) in [5.74, 6) is -0.00743. The number of piperidine rings is 1. The van der Waals surface area contributed by atoms with Gasteiger partial charge in [0.05, 0.1) is 29.1 Å². The minimum absolute atomic E-state index is 0.00783. The zero-order valence-electron chi connectivity index (χ0n) is 31.0. The second-order valence-corrected chi connectivity index (χ2v) is 16.7. The molecule has 0 spiro atoms. The van der Waals surface area contributed by atoms with Gasteiger partial charge in [-0.2, -0.15) is 0 Å². The molecule has 2 aromatic carbocycles. The van der Waals surface area contributed by atoms with Crippen LogP contribution in [0.25, 0.3) is 0 Å². The molecule has 13 heteroatoms. The molecule has 3 atom stereocenters. The number of nitrogens with zero attached hydrogens (tertiary/aromatic N) is 4. The third kappa shape index (κ3) is 9.34. The van der Waals surface area contributed by atoms with Crippen LogP contribution in [0.15, 0.2) is 48.7 Å². The van der Waals surface area contributed by atoms with E-state index in [2.05, 4.69) is 4.90 Å². The molecule has 1 aromatic heterocycles. The molecule has 6 rings (SSSR count). The summed E-state index contributed by atoms with van der Waals surface area (Å²) in [5, 5.41) is 14.1. The van der Waals surface area contributed by atoms with Crippen LogP contribution in [0.3, 0.4) is 0 Å². The fourth-order valence-corrected chi connectivity index (χ4v) is 8.03. The SMILES string of the molecule is COCCc1ccc(Cl)c(CN(C(=O)C2CN(C(=O)OC(C)(C)C)CCC2(O)c2ccc(N3CC[C@@H](Oc4c(Cl)cc(C)cc4Cl)C3)nc2)C2CC2)c1. The molecule has 1 N–H and O–H groups in total. The lowest BCUT2D eigenvalue weighted by Gasteiger charge is -2.45. The fourth-order valence-electron chi connectivity index (χ4n) is 7.17. The molecule has 10 nitrogen and oxygen atoms in total. The number of aryl methyl sites for hydroxylation is 1. The molecule has 0 bridgehead atoms. The van der Waals surface area contributed by atoms with Crippen molar-refractivity contribution in [2.75, 3.05) is 44.8 Å². The van der Waals surface area contributed by atoms with Gasteiger partial charge in [-0.05, 0) is 94.3 Å². The molecular weight excluding hydrogens is 739 g/mol. The first-order valence-electron chi connectivity index (χ1n) is 18.3. The molecule has 53 heavy (non-hydrogen) atoms. The summed E-state index contributed by atoms with van der Waals surface area (Å²) >= 11 is 19.6. The number of likely N-dealkylation sites (tertiary alicyclic amines) is 1. The number of aliphatic hydroxyl groups is 1. The molecule has 3 heterocycles. The van der Waals surface area contributed by atoms with Gasteiger partial charge in [0.1, 0.15) is 23.1 Å². The lowest BCUT2D eigenvalue weighted by atomic mass is 9.75. The van der Waals surface area contributed by atoms with Gasteiger partial charge in [-0.3, -0.25) is 4.79 Å². The van der Waals surface area contributed by atoms with Gasteiger partial charge in [0, 0.05) is 62.5 Å². The van der Waals surface area contributed by atoms with Gasteiger partial charge in [-0.15, -0.1) is 0 Å². The number of hydrogen-bond acceptors (Lipinski definition) is 8. The monoisotopic (exact) mass is 786 g/mol. The van der Waals surface area contributed by atoms with Crippen molar-refractivity contribution in [2.24, 2.45) is 5.92 Å². The zero-order valence-corrected chi connectivity index (χ0v) is 33.3. The summed E-state index contributed by atoms with van der Waals surface area (Å²) < 4.78 is 17.2. The van der Waals surface area contributed by atoms with Crippen molar-refractivity contribution >= 4 is 52.6 Å². The van der Waals surface area contributed by atoms with Crippen LogP contribution in [0.2, 0.25) is 15.1 Å². The van der Waals surface area contributed by atoms with Crippen LogP contribution < -0.4 is 9.64 Å². The maximum absolute atomic E-state index is 14.8. The van der Waals surface area contributed by atoms with E-state index in [1.165, 1.54) is 4.90 Å². The first-order valence-corrected chi connectivity index (χ1v) is 19.4. The standard InChI is InChI=1S/C40H49Cl3N4O6/c1-25-18-33(42)36(34(43)19-25)52-30-12-15-45(23-30)35-11-7-28(21-44-35)40(50)14-16-46(38(49)53-39(2,3)4)24-31(40)37(48)47(29-8-9-29)22-27-20-26(13-17-51-5)6-10-32(27)41/h6-7,10-11,18-21,29-31,50H,8-9,12-17,22-24H2,1-5H3/t30-,31?,40?/m1/s1. The number of methoxy groups -OCH3 is 1. The summed E-state index contributed by atoms with van der Waals surface area (Å²) in [6.45, 7) is 9.70. The Labute approximate surface area is 327 Å². The summed E-state index contributed by atoms with van der Waals surface area (Å²) in [6, 6.07) is 13.2. The van der Waals surface area contributed by atoms with Crippen LogP contribution in [-0.2, 0) is 32.8 Å². The van der Waals surface area contributed by atoms with Crippen LogP contribution >= 0.6 is 34.8 Å². The van der Waals surface area contributed by atoms with Crippen molar-refractivity contribution in [3.63, 3.8) is 0 Å². The summed E-state index contributed by atoms with van der Waals surface area (Å²) in [4.78, 5) is 38.3. The molecule has 1 aliphatic carbocycles. The van der Waals surface area contributed by atoms with E-state index in [9.17, 15) is 14.7 Å². The highest BCUT2D eigenvalue weighted by Crippen LogP contribution is 2.42. The molecule has 286 valence electrons. The Balaban J connectivity index is 1.24. The highest BCUT2D eigenvalue weighted by molar-refractivity contribution is 6.37. The van der Waals surface area contributed by atoms with Gasteiger partial charge < -0.3 is 34.0 Å². The number of halogens is 3. The van der Waals surface area contributed by atoms with Gasteiger partial charge in [0.2, 0.25) is 5.91 Å². The maximum Gasteiger partial charge on any atom is 0.410 e. The minimum atomic E-state index is -1.59. The number of ether oxygens (including phenoxy) is 3.